The van der Waals surface area contributed by atoms with Gasteiger partial charge in [-0.1, -0.05) is 45.1 Å². The number of halogens is 1. The number of nitrogens with zero attached hydrogens (tertiary/aromatic N) is 6. The quantitative estimate of drug-likeness (QED) is 0.0933. The standard InChI is InChI=1S/C47H53FN10O8S/c1-23(2)38(54-45(61)63-5)42(59)56-14-8-10-32(56)40-49-20-29(52-40)25-12-13-31-27(16-25)18-34-37-28(48)17-26(19-35(37)66-44(58(31)34)36-22-51-47(65-7)67-36)30-21-50-41(53-30)33-11-9-15-57(33)43(60)39(24(3)4)55-46(62)64-6/h12-13,16-24,32-33,38-39,44H,8-11,14-15H2,1-7H3,(H,49,52)(H,50,53)(H,54,61)(H,55,62)/t32-,33-,38-,39?,44?/m0/s1. The Labute approximate surface area is 389 Å². The predicted molar refractivity (Wildman–Crippen MR) is 246 cm³/mol. The lowest BCUT2D eigenvalue weighted by Gasteiger charge is -2.30. The first kappa shape index (κ1) is 45.2. The molecule has 5 atom stereocenters. The molecular formula is C47H53FN10O8S. The molecular weight excluding hydrogens is 884 g/mol. The number of nitrogens with one attached hydrogen (secondary N) is 4. The van der Waals surface area contributed by atoms with Crippen molar-refractivity contribution in [2.24, 2.45) is 11.8 Å². The van der Waals surface area contributed by atoms with Crippen molar-refractivity contribution in [3.63, 3.8) is 0 Å². The number of carbonyl (C=O) groups excluding carboxylic acids is 4. The number of thiazole rings is 1. The van der Waals surface area contributed by atoms with Crippen molar-refractivity contribution in [1.29, 1.82) is 0 Å². The molecule has 2 fully saturated rings. The number of alkyl carbamates (subject to hydrolysis) is 2. The Morgan fingerprint density at radius 2 is 1.36 bits per heavy atom. The molecule has 0 aliphatic carbocycles. The third kappa shape index (κ3) is 8.42. The SMILES string of the molecule is COC(=O)NC(C(=O)N1CCC[C@H]1c1ncc(-c2cc(F)c3c(c2)OC(c2cnc(OC)s2)n2c-3cc3cc(-c4cnc([C@@H]5CCCN5C(=O)[C@@H](NC(=O)OC)C(C)C)[nH]4)ccc32)[nH]1)C(C)C. The van der Waals surface area contributed by atoms with Gasteiger partial charge in [0.2, 0.25) is 18.0 Å². The highest BCUT2D eigenvalue weighted by atomic mass is 32.1. The van der Waals surface area contributed by atoms with Gasteiger partial charge >= 0.3 is 12.2 Å². The minimum absolute atomic E-state index is 0.160. The number of imidazole rings is 2. The van der Waals surface area contributed by atoms with Crippen LogP contribution in [-0.2, 0) is 19.1 Å². The normalized spacial score (nSPS) is 18.7. The van der Waals surface area contributed by atoms with Crippen LogP contribution in [0.5, 0.6) is 10.9 Å². The second kappa shape index (κ2) is 18.4. The molecule has 0 bridgehead atoms. The van der Waals surface area contributed by atoms with E-state index in [1.54, 1.807) is 41.6 Å². The number of ether oxygens (including phenoxy) is 4. The van der Waals surface area contributed by atoms with Crippen molar-refractivity contribution < 1.29 is 42.5 Å². The molecule has 4 N–H and O–H groups in total. The maximum absolute atomic E-state index is 16.8. The van der Waals surface area contributed by atoms with E-state index in [4.69, 9.17) is 23.9 Å². The summed E-state index contributed by atoms with van der Waals surface area (Å²) in [4.78, 5) is 76.7. The predicted octanol–water partition coefficient (Wildman–Crippen LogP) is 7.72. The third-order valence-electron chi connectivity index (χ3n) is 12.8. The lowest BCUT2D eigenvalue weighted by molar-refractivity contribution is -0.136. The van der Waals surface area contributed by atoms with E-state index in [-0.39, 0.29) is 41.3 Å². The van der Waals surface area contributed by atoms with E-state index in [1.807, 2.05) is 56.5 Å². The number of carbonyl (C=O) groups is 4. The van der Waals surface area contributed by atoms with Crippen LogP contribution in [0.2, 0.25) is 0 Å². The summed E-state index contributed by atoms with van der Waals surface area (Å²) < 4.78 is 40.6. The van der Waals surface area contributed by atoms with Gasteiger partial charge in [-0.05, 0) is 67.9 Å². The molecule has 2 unspecified atom stereocenters. The molecule has 3 aliphatic heterocycles. The zero-order chi connectivity index (χ0) is 47.3. The largest absolute Gasteiger partial charge is 0.473 e. The highest BCUT2D eigenvalue weighted by Gasteiger charge is 2.40. The first-order valence-electron chi connectivity index (χ1n) is 22.3. The highest BCUT2D eigenvalue weighted by molar-refractivity contribution is 7.13. The molecule has 67 heavy (non-hydrogen) atoms. The van der Waals surface area contributed by atoms with Gasteiger partial charge in [-0.25, -0.2) is 28.9 Å². The molecule has 18 nitrogen and oxygen atoms in total. The van der Waals surface area contributed by atoms with Crippen LogP contribution in [0, 0.1) is 17.7 Å². The van der Waals surface area contributed by atoms with Gasteiger partial charge in [0.25, 0.3) is 5.19 Å². The minimum atomic E-state index is -0.782. The average Bonchev–Trinajstić information content (AvgIpc) is 4.18. The molecule has 20 heteroatoms. The summed E-state index contributed by atoms with van der Waals surface area (Å²) in [5.41, 5.74) is 4.31. The lowest BCUT2D eigenvalue weighted by Crippen LogP contribution is -2.51. The second-order valence-corrected chi connectivity index (χ2v) is 18.7. The minimum Gasteiger partial charge on any atom is -0.473 e. The molecule has 4 aromatic heterocycles. The number of likely N-dealkylation sites (tertiary alicyclic amines) is 2. The smallest absolute Gasteiger partial charge is 0.407 e. The summed E-state index contributed by atoms with van der Waals surface area (Å²) in [6, 6.07) is 8.92. The van der Waals surface area contributed by atoms with Crippen molar-refractivity contribution in [2.75, 3.05) is 34.4 Å². The van der Waals surface area contributed by atoms with Crippen LogP contribution in [-0.4, -0.2) is 110 Å². The monoisotopic (exact) mass is 936 g/mol. The molecule has 2 aromatic carbocycles. The third-order valence-corrected chi connectivity index (χ3v) is 13.8. The van der Waals surface area contributed by atoms with E-state index in [0.717, 1.165) is 39.9 Å². The van der Waals surface area contributed by atoms with Crippen LogP contribution < -0.4 is 20.1 Å². The maximum atomic E-state index is 16.8. The van der Waals surface area contributed by atoms with E-state index < -0.39 is 36.3 Å². The number of hydrogen-bond acceptors (Lipinski definition) is 12. The van der Waals surface area contributed by atoms with Gasteiger partial charge in [-0.2, -0.15) is 0 Å². The molecule has 3 aliphatic rings. The Balaban J connectivity index is 1.03. The molecule has 0 spiro atoms. The summed E-state index contributed by atoms with van der Waals surface area (Å²) in [6.45, 7) is 8.51. The van der Waals surface area contributed by atoms with Crippen molar-refractivity contribution in [3.05, 3.63) is 77.3 Å². The molecule has 352 valence electrons. The van der Waals surface area contributed by atoms with Gasteiger partial charge in [0.15, 0.2) is 0 Å². The van der Waals surface area contributed by atoms with E-state index >= 15 is 4.39 Å². The summed E-state index contributed by atoms with van der Waals surface area (Å²) in [7, 11) is 4.08. The van der Waals surface area contributed by atoms with Crippen LogP contribution in [0.3, 0.4) is 0 Å². The number of aromatic nitrogens is 6. The van der Waals surface area contributed by atoms with Crippen molar-refractivity contribution >= 4 is 46.2 Å². The molecule has 0 saturated carbocycles. The van der Waals surface area contributed by atoms with E-state index in [2.05, 4.69) is 30.6 Å². The molecule has 7 heterocycles. The number of hydrogen-bond donors (Lipinski definition) is 4. The second-order valence-electron chi connectivity index (χ2n) is 17.7. The number of H-pyrrole nitrogens is 2. The first-order valence-corrected chi connectivity index (χ1v) is 23.2. The van der Waals surface area contributed by atoms with Gasteiger partial charge in [-0.15, -0.1) is 0 Å². The summed E-state index contributed by atoms with van der Waals surface area (Å²) in [6.07, 6.45) is 5.92. The zero-order valence-corrected chi connectivity index (χ0v) is 39.0. The fourth-order valence-corrected chi connectivity index (χ4v) is 10.2. The zero-order valence-electron chi connectivity index (χ0n) is 38.2. The van der Waals surface area contributed by atoms with E-state index in [1.165, 1.54) is 31.6 Å². The van der Waals surface area contributed by atoms with Crippen LogP contribution >= 0.6 is 11.3 Å². The lowest BCUT2D eigenvalue weighted by atomic mass is 10.0. The molecule has 9 rings (SSSR count). The van der Waals surface area contributed by atoms with E-state index in [0.29, 0.717) is 65.5 Å². The Kier molecular flexibility index (Phi) is 12.4. The van der Waals surface area contributed by atoms with Crippen LogP contribution in [0.15, 0.2) is 55.0 Å². The van der Waals surface area contributed by atoms with Gasteiger partial charge in [0.1, 0.15) is 35.3 Å². The maximum Gasteiger partial charge on any atom is 0.407 e. The molecule has 4 amide bonds. The van der Waals surface area contributed by atoms with Crippen LogP contribution in [0.25, 0.3) is 44.7 Å². The van der Waals surface area contributed by atoms with E-state index in [9.17, 15) is 19.2 Å². The van der Waals surface area contributed by atoms with Gasteiger partial charge in [-0.3, -0.25) is 14.2 Å². The fraction of sp³-hybridized carbons (Fsp3) is 0.426. The van der Waals surface area contributed by atoms with Crippen molar-refractivity contribution in [3.8, 4) is 44.7 Å². The fourth-order valence-electron chi connectivity index (χ4n) is 9.46. The molecule has 6 aromatic rings. The summed E-state index contributed by atoms with van der Waals surface area (Å²) >= 11 is 1.33. The number of fused-ring (bicyclic) bond motifs is 5. The Morgan fingerprint density at radius 3 is 1.90 bits per heavy atom. The molecule has 0 radical (unpaired) electrons. The van der Waals surface area contributed by atoms with Crippen LogP contribution in [0.1, 0.15) is 88.2 Å². The van der Waals surface area contributed by atoms with Crippen LogP contribution in [0.4, 0.5) is 14.0 Å². The summed E-state index contributed by atoms with van der Waals surface area (Å²) in [5, 5.41) is 6.64. The number of amides is 4. The van der Waals surface area contributed by atoms with Gasteiger partial charge in [0.05, 0.1) is 85.0 Å². The van der Waals surface area contributed by atoms with Gasteiger partial charge in [0, 0.05) is 29.6 Å². The molecule has 2 saturated heterocycles. The van der Waals surface area contributed by atoms with Crippen molar-refractivity contribution in [1.82, 2.24) is 49.9 Å². The average molecular weight is 937 g/mol. The number of benzene rings is 2. The van der Waals surface area contributed by atoms with Crippen molar-refractivity contribution in [2.45, 2.75) is 83.8 Å². The topological polar surface area (TPSA) is 211 Å². The number of rotatable bonds is 12. The summed E-state index contributed by atoms with van der Waals surface area (Å²) in [5.74, 6) is 0.244. The Bertz CT molecular complexity index is 2850. The van der Waals surface area contributed by atoms with Gasteiger partial charge < -0.3 is 49.3 Å². The number of methoxy groups -OCH3 is 3. The number of aromatic amines is 2. The Hall–Kier alpha value is -6.96. The highest BCUT2D eigenvalue weighted by Crippen LogP contribution is 2.48. The Morgan fingerprint density at radius 1 is 0.776 bits per heavy atom. The first-order chi connectivity index (χ1) is 32.3.